The molecule has 0 rings (SSSR count). The molecule has 3 heteroatoms. The highest BCUT2D eigenvalue weighted by Gasteiger charge is 2.07. The average Bonchev–Trinajstić information content (AvgIpc) is 2.10. The summed E-state index contributed by atoms with van der Waals surface area (Å²) in [5.74, 6) is 0.757. The van der Waals surface area contributed by atoms with Crippen molar-refractivity contribution in [1.82, 2.24) is 4.90 Å². The maximum atomic E-state index is 5.66. The quantitative estimate of drug-likeness (QED) is 0.448. The normalized spacial score (nSPS) is 11.5. The van der Waals surface area contributed by atoms with Gasteiger partial charge in [-0.1, -0.05) is 0 Å². The van der Waals surface area contributed by atoms with Crippen LogP contribution in [0.1, 0.15) is 26.7 Å². The van der Waals surface area contributed by atoms with E-state index in [1.807, 2.05) is 0 Å². The summed E-state index contributed by atoms with van der Waals surface area (Å²) in [4.78, 5) is 2.45. The van der Waals surface area contributed by atoms with Gasteiger partial charge in [-0.05, 0) is 33.2 Å². The minimum absolute atomic E-state index is 0.611. The van der Waals surface area contributed by atoms with Gasteiger partial charge in [-0.3, -0.25) is 0 Å². The SMILES string of the molecule is COCCCN(CCCCl)C(C)C. The number of halogens is 1. The standard InChI is InChI=1S/C10H22ClNO/c1-10(2)12(7-4-6-11)8-5-9-13-3/h10H,4-9H2,1-3H3. The molecule has 0 aliphatic carbocycles. The van der Waals surface area contributed by atoms with E-state index < -0.39 is 0 Å². The molecular weight excluding hydrogens is 186 g/mol. The average molecular weight is 208 g/mol. The first-order valence-electron chi connectivity index (χ1n) is 5.01. The summed E-state index contributed by atoms with van der Waals surface area (Å²) in [5, 5.41) is 0. The van der Waals surface area contributed by atoms with Crippen LogP contribution in [0.4, 0.5) is 0 Å². The topological polar surface area (TPSA) is 12.5 Å². The molecule has 0 aromatic heterocycles. The van der Waals surface area contributed by atoms with Crippen molar-refractivity contribution in [2.24, 2.45) is 0 Å². The van der Waals surface area contributed by atoms with Crippen LogP contribution in [0.2, 0.25) is 0 Å². The maximum Gasteiger partial charge on any atom is 0.0474 e. The number of alkyl halides is 1. The molecule has 0 aliphatic rings. The van der Waals surface area contributed by atoms with Crippen LogP contribution in [0.3, 0.4) is 0 Å². The smallest absolute Gasteiger partial charge is 0.0474 e. The molecular formula is C10H22ClNO. The Balaban J connectivity index is 3.54. The Morgan fingerprint density at radius 2 is 1.85 bits per heavy atom. The van der Waals surface area contributed by atoms with Crippen molar-refractivity contribution in [3.05, 3.63) is 0 Å². The lowest BCUT2D eigenvalue weighted by atomic mass is 10.2. The zero-order valence-electron chi connectivity index (χ0n) is 9.05. The predicted molar refractivity (Wildman–Crippen MR) is 58.5 cm³/mol. The van der Waals surface area contributed by atoms with Crippen LogP contribution in [0.15, 0.2) is 0 Å². The molecule has 0 saturated carbocycles. The van der Waals surface area contributed by atoms with E-state index in [9.17, 15) is 0 Å². The van der Waals surface area contributed by atoms with Crippen LogP contribution in [0, 0.1) is 0 Å². The van der Waals surface area contributed by atoms with Crippen molar-refractivity contribution in [2.45, 2.75) is 32.7 Å². The van der Waals surface area contributed by atoms with Crippen LogP contribution >= 0.6 is 11.6 Å². The summed E-state index contributed by atoms with van der Waals surface area (Å²) < 4.78 is 5.02. The van der Waals surface area contributed by atoms with E-state index in [2.05, 4.69) is 18.7 Å². The first kappa shape index (κ1) is 13.2. The zero-order valence-corrected chi connectivity index (χ0v) is 9.81. The number of nitrogens with zero attached hydrogens (tertiary/aromatic N) is 1. The molecule has 0 fully saturated rings. The van der Waals surface area contributed by atoms with Gasteiger partial charge in [-0.15, -0.1) is 11.6 Å². The second-order valence-electron chi connectivity index (χ2n) is 3.52. The second kappa shape index (κ2) is 8.79. The molecule has 13 heavy (non-hydrogen) atoms. The minimum Gasteiger partial charge on any atom is -0.385 e. The molecule has 0 bridgehead atoms. The van der Waals surface area contributed by atoms with Gasteiger partial charge in [0, 0.05) is 32.2 Å². The lowest BCUT2D eigenvalue weighted by Gasteiger charge is -2.25. The van der Waals surface area contributed by atoms with E-state index in [1.54, 1.807) is 7.11 Å². The van der Waals surface area contributed by atoms with Gasteiger partial charge in [0.15, 0.2) is 0 Å². The molecule has 0 N–H and O–H groups in total. The molecule has 80 valence electrons. The van der Waals surface area contributed by atoms with Gasteiger partial charge in [0.2, 0.25) is 0 Å². The Bertz CT molecular complexity index is 109. The van der Waals surface area contributed by atoms with E-state index in [1.165, 1.54) is 0 Å². The van der Waals surface area contributed by atoms with Gasteiger partial charge < -0.3 is 9.64 Å². The van der Waals surface area contributed by atoms with Gasteiger partial charge in [-0.2, -0.15) is 0 Å². The molecule has 0 atom stereocenters. The van der Waals surface area contributed by atoms with E-state index in [4.69, 9.17) is 16.3 Å². The molecule has 0 unspecified atom stereocenters. The Kier molecular flexibility index (Phi) is 8.93. The van der Waals surface area contributed by atoms with Crippen molar-refractivity contribution in [2.75, 3.05) is 32.7 Å². The molecule has 0 saturated heterocycles. The molecule has 0 radical (unpaired) electrons. The Hall–Kier alpha value is 0.210. The van der Waals surface area contributed by atoms with E-state index in [-0.39, 0.29) is 0 Å². The highest BCUT2D eigenvalue weighted by atomic mass is 35.5. The molecule has 0 spiro atoms. The molecule has 0 aliphatic heterocycles. The summed E-state index contributed by atoms with van der Waals surface area (Å²) in [6.45, 7) is 7.51. The summed E-state index contributed by atoms with van der Waals surface area (Å²) >= 11 is 5.66. The molecule has 0 amide bonds. The fourth-order valence-corrected chi connectivity index (χ4v) is 1.42. The van der Waals surface area contributed by atoms with Crippen LogP contribution < -0.4 is 0 Å². The Morgan fingerprint density at radius 3 is 2.31 bits per heavy atom. The zero-order chi connectivity index (χ0) is 10.1. The van der Waals surface area contributed by atoms with Gasteiger partial charge >= 0.3 is 0 Å². The summed E-state index contributed by atoms with van der Waals surface area (Å²) in [7, 11) is 1.75. The minimum atomic E-state index is 0.611. The Labute approximate surface area is 87.2 Å². The highest BCUT2D eigenvalue weighted by Crippen LogP contribution is 2.02. The van der Waals surface area contributed by atoms with Gasteiger partial charge in [-0.25, -0.2) is 0 Å². The van der Waals surface area contributed by atoms with Crippen molar-refractivity contribution < 1.29 is 4.74 Å². The Morgan fingerprint density at radius 1 is 1.23 bits per heavy atom. The van der Waals surface area contributed by atoms with Crippen molar-refractivity contribution in [3.63, 3.8) is 0 Å². The number of hydrogen-bond acceptors (Lipinski definition) is 2. The van der Waals surface area contributed by atoms with Crippen LogP contribution in [-0.4, -0.2) is 43.6 Å². The van der Waals surface area contributed by atoms with Gasteiger partial charge in [0.1, 0.15) is 0 Å². The molecule has 0 heterocycles. The first-order chi connectivity index (χ1) is 6.22. The number of methoxy groups -OCH3 is 1. The fraction of sp³-hybridized carbons (Fsp3) is 1.00. The summed E-state index contributed by atoms with van der Waals surface area (Å²) in [6.07, 6.45) is 2.18. The van der Waals surface area contributed by atoms with Gasteiger partial charge in [0.25, 0.3) is 0 Å². The van der Waals surface area contributed by atoms with Crippen molar-refractivity contribution >= 4 is 11.6 Å². The lowest BCUT2D eigenvalue weighted by molar-refractivity contribution is 0.158. The van der Waals surface area contributed by atoms with Crippen LogP contribution in [0.25, 0.3) is 0 Å². The van der Waals surface area contributed by atoms with Crippen molar-refractivity contribution in [3.8, 4) is 0 Å². The monoisotopic (exact) mass is 207 g/mol. The third-order valence-electron chi connectivity index (χ3n) is 2.10. The van der Waals surface area contributed by atoms with Gasteiger partial charge in [0.05, 0.1) is 0 Å². The summed E-state index contributed by atoms with van der Waals surface area (Å²) in [6, 6.07) is 0.611. The number of ether oxygens (including phenoxy) is 1. The summed E-state index contributed by atoms with van der Waals surface area (Å²) in [5.41, 5.74) is 0. The third-order valence-corrected chi connectivity index (χ3v) is 2.37. The maximum absolute atomic E-state index is 5.66. The van der Waals surface area contributed by atoms with Crippen LogP contribution in [-0.2, 0) is 4.74 Å². The molecule has 0 aromatic carbocycles. The first-order valence-corrected chi connectivity index (χ1v) is 5.54. The highest BCUT2D eigenvalue weighted by molar-refractivity contribution is 6.17. The molecule has 0 aromatic rings. The molecule has 2 nitrogen and oxygen atoms in total. The largest absolute Gasteiger partial charge is 0.385 e. The van der Waals surface area contributed by atoms with E-state index in [0.29, 0.717) is 6.04 Å². The van der Waals surface area contributed by atoms with E-state index in [0.717, 1.165) is 38.4 Å². The predicted octanol–water partition coefficient (Wildman–Crippen LogP) is 2.36. The third kappa shape index (κ3) is 7.29. The van der Waals surface area contributed by atoms with E-state index >= 15 is 0 Å². The number of rotatable bonds is 8. The number of hydrogen-bond donors (Lipinski definition) is 0. The lowest BCUT2D eigenvalue weighted by Crippen LogP contribution is -2.33. The second-order valence-corrected chi connectivity index (χ2v) is 3.90. The van der Waals surface area contributed by atoms with Crippen LogP contribution in [0.5, 0.6) is 0 Å². The van der Waals surface area contributed by atoms with Crippen molar-refractivity contribution in [1.29, 1.82) is 0 Å². The fourth-order valence-electron chi connectivity index (χ4n) is 1.30.